The van der Waals surface area contributed by atoms with Gasteiger partial charge in [-0.05, 0) is 69.6 Å². The second-order valence-electron chi connectivity index (χ2n) is 7.15. The van der Waals surface area contributed by atoms with Gasteiger partial charge in [0.25, 0.3) is 5.91 Å². The van der Waals surface area contributed by atoms with Crippen molar-refractivity contribution < 1.29 is 19.1 Å². The standard InChI is InChI=1S/C20H22ClN3O4/c1-11(2)23(10-14-6-8-17(28-14)19(26)27)18(25)13-5-7-16-15(9-13)22-20(21)24(16)12(3)4/h5-9,11-12H,10H2,1-4H3,(H,26,27). The van der Waals surface area contributed by atoms with Gasteiger partial charge in [0, 0.05) is 17.6 Å². The molecule has 0 aliphatic heterocycles. The molecule has 3 aromatic rings. The highest BCUT2D eigenvalue weighted by Crippen LogP contribution is 2.26. The van der Waals surface area contributed by atoms with Gasteiger partial charge < -0.3 is 19.0 Å². The Bertz CT molecular complexity index is 1040. The Hall–Kier alpha value is -2.80. The van der Waals surface area contributed by atoms with Gasteiger partial charge in [-0.3, -0.25) is 4.79 Å². The van der Waals surface area contributed by atoms with Crippen LogP contribution in [0.5, 0.6) is 0 Å². The number of hydrogen-bond donors (Lipinski definition) is 1. The molecule has 7 nitrogen and oxygen atoms in total. The van der Waals surface area contributed by atoms with Crippen molar-refractivity contribution in [3.05, 3.63) is 52.7 Å². The Morgan fingerprint density at radius 2 is 1.93 bits per heavy atom. The molecule has 0 aliphatic rings. The van der Waals surface area contributed by atoms with Crippen molar-refractivity contribution in [1.29, 1.82) is 0 Å². The van der Waals surface area contributed by atoms with Gasteiger partial charge in [0.1, 0.15) is 5.76 Å². The largest absolute Gasteiger partial charge is 0.475 e. The summed E-state index contributed by atoms with van der Waals surface area (Å²) in [5.41, 5.74) is 2.00. The lowest BCUT2D eigenvalue weighted by atomic mass is 10.1. The fraction of sp³-hybridized carbons (Fsp3) is 0.350. The highest BCUT2D eigenvalue weighted by Gasteiger charge is 2.22. The summed E-state index contributed by atoms with van der Waals surface area (Å²) in [5.74, 6) is -1.08. The predicted octanol–water partition coefficient (Wildman–Crippen LogP) is 4.61. The minimum atomic E-state index is -1.14. The van der Waals surface area contributed by atoms with Crippen molar-refractivity contribution in [2.75, 3.05) is 0 Å². The van der Waals surface area contributed by atoms with Gasteiger partial charge in [-0.25, -0.2) is 9.78 Å². The summed E-state index contributed by atoms with van der Waals surface area (Å²) in [4.78, 5) is 30.1. The fourth-order valence-electron chi connectivity index (χ4n) is 3.09. The van der Waals surface area contributed by atoms with E-state index >= 15 is 0 Å². The minimum Gasteiger partial charge on any atom is -0.475 e. The average Bonchev–Trinajstić information content (AvgIpc) is 3.21. The van der Waals surface area contributed by atoms with E-state index < -0.39 is 5.97 Å². The van der Waals surface area contributed by atoms with Crippen molar-refractivity contribution in [2.45, 2.75) is 46.3 Å². The van der Waals surface area contributed by atoms with Crippen LogP contribution in [0.15, 0.2) is 34.7 Å². The van der Waals surface area contributed by atoms with Gasteiger partial charge >= 0.3 is 5.97 Å². The van der Waals surface area contributed by atoms with Crippen molar-refractivity contribution in [3.63, 3.8) is 0 Å². The molecule has 2 aromatic heterocycles. The average molecular weight is 404 g/mol. The van der Waals surface area contributed by atoms with Gasteiger partial charge in [-0.2, -0.15) is 0 Å². The van der Waals surface area contributed by atoms with Crippen molar-refractivity contribution in [3.8, 4) is 0 Å². The van der Waals surface area contributed by atoms with Crippen LogP contribution in [-0.2, 0) is 6.54 Å². The first-order chi connectivity index (χ1) is 13.2. The van der Waals surface area contributed by atoms with E-state index in [2.05, 4.69) is 4.98 Å². The molecule has 0 spiro atoms. The quantitative estimate of drug-likeness (QED) is 0.649. The molecule has 8 heteroatoms. The van der Waals surface area contributed by atoms with Crippen LogP contribution in [0.2, 0.25) is 5.28 Å². The summed E-state index contributed by atoms with van der Waals surface area (Å²) < 4.78 is 7.21. The normalized spacial score (nSPS) is 11.5. The number of hydrogen-bond acceptors (Lipinski definition) is 4. The number of fused-ring (bicyclic) bond motifs is 1. The molecule has 0 saturated carbocycles. The van der Waals surface area contributed by atoms with Crippen LogP contribution < -0.4 is 0 Å². The topological polar surface area (TPSA) is 88.6 Å². The maximum atomic E-state index is 13.1. The number of rotatable bonds is 6. The lowest BCUT2D eigenvalue weighted by Gasteiger charge is -2.26. The summed E-state index contributed by atoms with van der Waals surface area (Å²) in [6.45, 7) is 7.98. The Kier molecular flexibility index (Phi) is 5.47. The molecule has 148 valence electrons. The molecule has 0 atom stereocenters. The molecule has 0 fully saturated rings. The third-order valence-corrected chi connectivity index (χ3v) is 4.76. The summed E-state index contributed by atoms with van der Waals surface area (Å²) in [7, 11) is 0. The van der Waals surface area contributed by atoms with Gasteiger partial charge in [0.15, 0.2) is 0 Å². The molecule has 1 N–H and O–H groups in total. The molecule has 1 amide bonds. The van der Waals surface area contributed by atoms with E-state index in [1.54, 1.807) is 23.1 Å². The van der Waals surface area contributed by atoms with Gasteiger partial charge in [-0.15, -0.1) is 0 Å². The monoisotopic (exact) mass is 403 g/mol. The first kappa shape index (κ1) is 19.9. The second-order valence-corrected chi connectivity index (χ2v) is 7.48. The number of aromatic carboxylic acids is 1. The number of amides is 1. The number of halogens is 1. The van der Waals surface area contributed by atoms with E-state index in [-0.39, 0.29) is 30.3 Å². The Morgan fingerprint density at radius 3 is 2.50 bits per heavy atom. The molecular formula is C20H22ClN3O4. The van der Waals surface area contributed by atoms with E-state index in [4.69, 9.17) is 21.1 Å². The fourth-order valence-corrected chi connectivity index (χ4v) is 3.47. The molecule has 0 radical (unpaired) electrons. The molecule has 1 aromatic carbocycles. The first-order valence-electron chi connectivity index (χ1n) is 8.99. The summed E-state index contributed by atoms with van der Waals surface area (Å²) >= 11 is 6.24. The van der Waals surface area contributed by atoms with Crippen LogP contribution in [0.3, 0.4) is 0 Å². The lowest BCUT2D eigenvalue weighted by molar-refractivity contribution is 0.0648. The first-order valence-corrected chi connectivity index (χ1v) is 9.37. The lowest BCUT2D eigenvalue weighted by Crippen LogP contribution is -2.36. The number of benzene rings is 1. The van der Waals surface area contributed by atoms with Crippen LogP contribution in [-0.4, -0.2) is 37.5 Å². The van der Waals surface area contributed by atoms with Crippen LogP contribution in [0.4, 0.5) is 0 Å². The molecular weight excluding hydrogens is 382 g/mol. The summed E-state index contributed by atoms with van der Waals surface area (Å²) in [6.07, 6.45) is 0. The highest BCUT2D eigenvalue weighted by atomic mass is 35.5. The number of carbonyl (C=O) groups is 2. The van der Waals surface area contributed by atoms with Gasteiger partial charge in [0.2, 0.25) is 11.0 Å². The van der Waals surface area contributed by atoms with Crippen LogP contribution >= 0.6 is 11.6 Å². The molecule has 2 heterocycles. The van der Waals surface area contributed by atoms with E-state index in [1.165, 1.54) is 6.07 Å². The predicted molar refractivity (Wildman–Crippen MR) is 106 cm³/mol. The molecule has 0 bridgehead atoms. The number of imidazole rings is 1. The Labute approximate surface area is 167 Å². The zero-order valence-electron chi connectivity index (χ0n) is 16.1. The summed E-state index contributed by atoms with van der Waals surface area (Å²) in [5, 5.41) is 9.38. The van der Waals surface area contributed by atoms with Crippen molar-refractivity contribution >= 4 is 34.5 Å². The van der Waals surface area contributed by atoms with E-state index in [9.17, 15) is 9.59 Å². The third-order valence-electron chi connectivity index (χ3n) is 4.49. The third kappa shape index (κ3) is 3.75. The Morgan fingerprint density at radius 1 is 1.21 bits per heavy atom. The van der Waals surface area contributed by atoms with Crippen LogP contribution in [0.1, 0.15) is 60.4 Å². The van der Waals surface area contributed by atoms with E-state index in [1.807, 2.05) is 38.3 Å². The number of carbonyl (C=O) groups excluding carboxylic acids is 1. The van der Waals surface area contributed by atoms with Crippen LogP contribution in [0.25, 0.3) is 11.0 Å². The van der Waals surface area contributed by atoms with E-state index in [0.717, 1.165) is 5.52 Å². The second kappa shape index (κ2) is 7.67. The minimum absolute atomic E-state index is 0.113. The zero-order chi connectivity index (χ0) is 20.6. The molecule has 0 aliphatic carbocycles. The molecule has 0 unspecified atom stereocenters. The van der Waals surface area contributed by atoms with Gasteiger partial charge in [-0.1, -0.05) is 0 Å². The number of carboxylic acid groups (broad SMARTS) is 1. The highest BCUT2D eigenvalue weighted by molar-refractivity contribution is 6.29. The maximum absolute atomic E-state index is 13.1. The van der Waals surface area contributed by atoms with Crippen LogP contribution in [0, 0.1) is 0 Å². The summed E-state index contributed by atoms with van der Waals surface area (Å²) in [6, 6.07) is 8.30. The molecule has 0 saturated heterocycles. The maximum Gasteiger partial charge on any atom is 0.371 e. The number of carboxylic acids is 1. The number of furan rings is 1. The SMILES string of the molecule is CC(C)N(Cc1ccc(C(=O)O)o1)C(=O)c1ccc2c(c1)nc(Cl)n2C(C)C. The van der Waals surface area contributed by atoms with Crippen molar-refractivity contribution in [2.24, 2.45) is 0 Å². The molecule has 28 heavy (non-hydrogen) atoms. The smallest absolute Gasteiger partial charge is 0.371 e. The zero-order valence-corrected chi connectivity index (χ0v) is 16.9. The number of nitrogens with zero attached hydrogens (tertiary/aromatic N) is 3. The van der Waals surface area contributed by atoms with Gasteiger partial charge in [0.05, 0.1) is 17.6 Å². The van der Waals surface area contributed by atoms with E-state index in [0.29, 0.717) is 22.1 Å². The molecule has 3 rings (SSSR count). The Balaban J connectivity index is 1.91. The van der Waals surface area contributed by atoms with Crippen molar-refractivity contribution in [1.82, 2.24) is 14.5 Å². The number of aromatic nitrogens is 2.